The maximum absolute atomic E-state index is 12.1. The van der Waals surface area contributed by atoms with E-state index in [9.17, 15) is 9.59 Å². The van der Waals surface area contributed by atoms with Crippen LogP contribution < -0.4 is 20.7 Å². The largest absolute Gasteiger partial charge is 0.497 e. The van der Waals surface area contributed by atoms with Crippen molar-refractivity contribution in [3.8, 4) is 5.75 Å². The second kappa shape index (κ2) is 7.79. The minimum atomic E-state index is -0.285. The van der Waals surface area contributed by atoms with Crippen molar-refractivity contribution in [1.29, 1.82) is 0 Å². The van der Waals surface area contributed by atoms with Crippen LogP contribution >= 0.6 is 0 Å². The van der Waals surface area contributed by atoms with Crippen molar-refractivity contribution in [2.45, 2.75) is 19.3 Å². The number of nitrogens with one attached hydrogen (secondary N) is 1. The highest BCUT2D eigenvalue weighted by Crippen LogP contribution is 2.26. The molecule has 1 fully saturated rings. The van der Waals surface area contributed by atoms with Crippen LogP contribution in [0.3, 0.4) is 0 Å². The number of nitrogens with two attached hydrogens (primary N) is 1. The molecule has 3 N–H and O–H groups in total. The molecule has 1 heterocycles. The van der Waals surface area contributed by atoms with E-state index in [-0.39, 0.29) is 24.2 Å². The van der Waals surface area contributed by atoms with Gasteiger partial charge in [0, 0.05) is 25.2 Å². The summed E-state index contributed by atoms with van der Waals surface area (Å²) in [7, 11) is 1.60. The van der Waals surface area contributed by atoms with Gasteiger partial charge in [-0.15, -0.1) is 0 Å². The van der Waals surface area contributed by atoms with Gasteiger partial charge < -0.3 is 20.7 Å². The Labute approximate surface area is 130 Å². The van der Waals surface area contributed by atoms with Crippen molar-refractivity contribution in [3.63, 3.8) is 0 Å². The number of hydrogen-bond donors (Lipinski definition) is 2. The highest BCUT2D eigenvalue weighted by Gasteiger charge is 2.34. The SMILES string of the molecule is COc1ccc(N2CC(C(=O)NCCCCN)CC2=O)cc1. The number of ether oxygens (including phenoxy) is 1. The van der Waals surface area contributed by atoms with Crippen LogP contribution in [0.1, 0.15) is 19.3 Å². The zero-order valence-corrected chi connectivity index (χ0v) is 12.9. The standard InChI is InChI=1S/C16H23N3O3/c1-22-14-6-4-13(5-7-14)19-11-12(10-15(19)20)16(21)18-9-3-2-8-17/h4-7,12H,2-3,8-11,17H2,1H3,(H,18,21). The summed E-state index contributed by atoms with van der Waals surface area (Å²) in [4.78, 5) is 25.9. The van der Waals surface area contributed by atoms with Gasteiger partial charge in [0.05, 0.1) is 13.0 Å². The fraction of sp³-hybridized carbons (Fsp3) is 0.500. The molecule has 1 aromatic rings. The van der Waals surface area contributed by atoms with Crippen LogP contribution in [0.25, 0.3) is 0 Å². The molecule has 6 nitrogen and oxygen atoms in total. The van der Waals surface area contributed by atoms with Crippen molar-refractivity contribution < 1.29 is 14.3 Å². The number of carbonyl (C=O) groups is 2. The number of benzene rings is 1. The van der Waals surface area contributed by atoms with Gasteiger partial charge in [-0.05, 0) is 43.7 Å². The van der Waals surface area contributed by atoms with Gasteiger partial charge in [0.25, 0.3) is 0 Å². The zero-order valence-electron chi connectivity index (χ0n) is 12.9. The number of nitrogens with zero attached hydrogens (tertiary/aromatic N) is 1. The lowest BCUT2D eigenvalue weighted by Crippen LogP contribution is -2.33. The zero-order chi connectivity index (χ0) is 15.9. The van der Waals surface area contributed by atoms with E-state index in [1.807, 2.05) is 24.3 Å². The molecule has 2 amide bonds. The highest BCUT2D eigenvalue weighted by atomic mass is 16.5. The molecule has 0 bridgehead atoms. The number of rotatable bonds is 7. The van der Waals surface area contributed by atoms with E-state index in [2.05, 4.69) is 5.32 Å². The molecule has 0 aliphatic carbocycles. The number of methoxy groups -OCH3 is 1. The fourth-order valence-electron chi connectivity index (χ4n) is 2.52. The summed E-state index contributed by atoms with van der Waals surface area (Å²) in [5.41, 5.74) is 6.21. The lowest BCUT2D eigenvalue weighted by molar-refractivity contribution is -0.126. The first kappa shape index (κ1) is 16.3. The van der Waals surface area contributed by atoms with Crippen LogP contribution in [-0.2, 0) is 9.59 Å². The van der Waals surface area contributed by atoms with Crippen LogP contribution in [0.4, 0.5) is 5.69 Å². The third kappa shape index (κ3) is 3.98. The average Bonchev–Trinajstić information content (AvgIpc) is 2.93. The van der Waals surface area contributed by atoms with E-state index in [1.54, 1.807) is 12.0 Å². The molecule has 1 aliphatic heterocycles. The van der Waals surface area contributed by atoms with Crippen LogP contribution in [0.15, 0.2) is 24.3 Å². The van der Waals surface area contributed by atoms with Gasteiger partial charge in [-0.2, -0.15) is 0 Å². The maximum atomic E-state index is 12.1. The van der Waals surface area contributed by atoms with E-state index in [4.69, 9.17) is 10.5 Å². The molecule has 120 valence electrons. The van der Waals surface area contributed by atoms with Crippen LogP contribution in [0.5, 0.6) is 5.75 Å². The smallest absolute Gasteiger partial charge is 0.227 e. The van der Waals surface area contributed by atoms with Crippen LogP contribution in [-0.4, -0.2) is 38.6 Å². The fourth-order valence-corrected chi connectivity index (χ4v) is 2.52. The molecule has 0 saturated carbocycles. The van der Waals surface area contributed by atoms with Gasteiger partial charge in [-0.25, -0.2) is 0 Å². The molecule has 0 spiro atoms. The third-order valence-corrected chi connectivity index (χ3v) is 3.81. The van der Waals surface area contributed by atoms with Gasteiger partial charge >= 0.3 is 0 Å². The Bertz CT molecular complexity index is 516. The summed E-state index contributed by atoms with van der Waals surface area (Å²) in [5, 5.41) is 2.88. The predicted molar refractivity (Wildman–Crippen MR) is 84.8 cm³/mol. The molecule has 1 unspecified atom stereocenters. The van der Waals surface area contributed by atoms with E-state index in [1.165, 1.54) is 0 Å². The third-order valence-electron chi connectivity index (χ3n) is 3.81. The Hall–Kier alpha value is -2.08. The Morgan fingerprint density at radius 1 is 1.36 bits per heavy atom. The Balaban J connectivity index is 1.90. The number of hydrogen-bond acceptors (Lipinski definition) is 4. The summed E-state index contributed by atoms with van der Waals surface area (Å²) < 4.78 is 5.11. The molecule has 1 atom stereocenters. The second-order valence-electron chi connectivity index (χ2n) is 5.39. The Morgan fingerprint density at radius 3 is 2.73 bits per heavy atom. The Morgan fingerprint density at radius 2 is 2.09 bits per heavy atom. The van der Waals surface area contributed by atoms with Gasteiger partial charge in [0.15, 0.2) is 0 Å². The normalized spacial score (nSPS) is 17.6. The molecule has 22 heavy (non-hydrogen) atoms. The second-order valence-corrected chi connectivity index (χ2v) is 5.39. The molecule has 2 rings (SSSR count). The first-order chi connectivity index (χ1) is 10.7. The summed E-state index contributed by atoms with van der Waals surface area (Å²) in [6, 6.07) is 7.28. The predicted octanol–water partition coefficient (Wildman–Crippen LogP) is 0.903. The topological polar surface area (TPSA) is 84.7 Å². The lowest BCUT2D eigenvalue weighted by atomic mass is 10.1. The maximum Gasteiger partial charge on any atom is 0.227 e. The summed E-state index contributed by atoms with van der Waals surface area (Å²) >= 11 is 0. The number of unbranched alkanes of at least 4 members (excludes halogenated alkanes) is 1. The molecule has 6 heteroatoms. The monoisotopic (exact) mass is 305 g/mol. The van der Waals surface area contributed by atoms with E-state index in [0.717, 1.165) is 24.3 Å². The number of amides is 2. The van der Waals surface area contributed by atoms with Crippen LogP contribution in [0.2, 0.25) is 0 Å². The van der Waals surface area contributed by atoms with E-state index in [0.29, 0.717) is 19.6 Å². The summed E-state index contributed by atoms with van der Waals surface area (Å²) in [6.07, 6.45) is 2.02. The molecular weight excluding hydrogens is 282 g/mol. The minimum Gasteiger partial charge on any atom is -0.497 e. The minimum absolute atomic E-state index is 0.0210. The number of carbonyl (C=O) groups excluding carboxylic acids is 2. The quantitative estimate of drug-likeness (QED) is 0.733. The summed E-state index contributed by atoms with van der Waals surface area (Å²) in [5.74, 6) is 0.380. The van der Waals surface area contributed by atoms with Crippen molar-refractivity contribution in [2.75, 3.05) is 31.6 Å². The molecular formula is C16H23N3O3. The van der Waals surface area contributed by atoms with Gasteiger partial charge in [-0.3, -0.25) is 9.59 Å². The Kier molecular flexibility index (Phi) is 5.77. The van der Waals surface area contributed by atoms with Crippen molar-refractivity contribution in [1.82, 2.24) is 5.32 Å². The number of anilines is 1. The lowest BCUT2D eigenvalue weighted by Gasteiger charge is -2.17. The van der Waals surface area contributed by atoms with Crippen LogP contribution in [0, 0.1) is 5.92 Å². The van der Waals surface area contributed by atoms with Gasteiger partial charge in [0.1, 0.15) is 5.75 Å². The van der Waals surface area contributed by atoms with E-state index >= 15 is 0 Å². The average molecular weight is 305 g/mol. The highest BCUT2D eigenvalue weighted by molar-refractivity contribution is 6.00. The molecule has 1 saturated heterocycles. The van der Waals surface area contributed by atoms with Crippen molar-refractivity contribution >= 4 is 17.5 Å². The molecule has 0 aromatic heterocycles. The molecule has 1 aromatic carbocycles. The molecule has 1 aliphatic rings. The van der Waals surface area contributed by atoms with E-state index < -0.39 is 0 Å². The first-order valence-electron chi connectivity index (χ1n) is 7.58. The van der Waals surface area contributed by atoms with Crippen molar-refractivity contribution in [2.24, 2.45) is 11.7 Å². The first-order valence-corrected chi connectivity index (χ1v) is 7.58. The van der Waals surface area contributed by atoms with Crippen molar-refractivity contribution in [3.05, 3.63) is 24.3 Å². The van der Waals surface area contributed by atoms with Gasteiger partial charge in [-0.1, -0.05) is 0 Å². The molecule has 0 radical (unpaired) electrons. The summed E-state index contributed by atoms with van der Waals surface area (Å²) in [6.45, 7) is 1.67. The van der Waals surface area contributed by atoms with Gasteiger partial charge in [0.2, 0.25) is 11.8 Å².